The van der Waals surface area contributed by atoms with Gasteiger partial charge in [0.1, 0.15) is 0 Å². The van der Waals surface area contributed by atoms with E-state index in [4.69, 9.17) is 0 Å². The summed E-state index contributed by atoms with van der Waals surface area (Å²) < 4.78 is 0. The van der Waals surface area contributed by atoms with E-state index >= 15 is 0 Å². The molecule has 0 heterocycles. The minimum absolute atomic E-state index is 0. The van der Waals surface area contributed by atoms with Crippen molar-refractivity contribution in [2.45, 2.75) is 55.4 Å². The minimum Gasteiger partial charge on any atom is -0.180 e. The molecule has 0 aliphatic carbocycles. The van der Waals surface area contributed by atoms with E-state index in [1.165, 1.54) is 66.8 Å². The van der Waals surface area contributed by atoms with Gasteiger partial charge < -0.3 is 0 Å². The number of hydrogen-bond acceptors (Lipinski definition) is 0. The Balaban J connectivity index is 0.000000826. The van der Waals surface area contributed by atoms with Crippen LogP contribution in [0.3, 0.4) is 0 Å². The predicted molar refractivity (Wildman–Crippen MR) is 139 cm³/mol. The van der Waals surface area contributed by atoms with E-state index in [9.17, 15) is 0 Å². The number of rotatable bonds is 2. The monoisotopic (exact) mass is 1020 g/mol. The largest absolute Gasteiger partial charge is 2.00 e. The van der Waals surface area contributed by atoms with Gasteiger partial charge in [0.25, 0.3) is 0 Å². The summed E-state index contributed by atoms with van der Waals surface area (Å²) in [4.78, 5) is 0. The molecule has 4 aromatic carbocycles. The van der Waals surface area contributed by atoms with Crippen LogP contribution in [0, 0.1) is 98.6 Å². The Kier molecular flexibility index (Phi) is 15.2. The molecule has 0 aliphatic rings. The van der Waals surface area contributed by atoms with E-state index in [0.717, 1.165) is 0 Å². The van der Waals surface area contributed by atoms with Gasteiger partial charge in [-0.3, -0.25) is 0 Å². The van der Waals surface area contributed by atoms with Gasteiger partial charge in [-0.2, -0.15) is 58.7 Å². The quantitative estimate of drug-likeness (QED) is 0.177. The number of benzene rings is 4. The van der Waals surface area contributed by atoms with Crippen molar-refractivity contribution in [2.75, 3.05) is 0 Å². The van der Waals surface area contributed by atoms with Gasteiger partial charge in [-0.1, -0.05) is 76.6 Å². The van der Waals surface area contributed by atoms with Crippen LogP contribution in [0.4, 0.5) is 0 Å². The number of hydrogen-bond donors (Lipinski definition) is 0. The molecule has 178 valence electrons. The molecule has 4 aromatic rings. The number of aryl methyl sites for hydroxylation is 4. The SMILES string of the molecule is Cc1[c-]ccc(C)c1C.Cc1ccc(-c2ccc(-c3cc[c-]c(C)c3C)c(C)c2C)cc1.[U+2].[W].[W]. The van der Waals surface area contributed by atoms with E-state index in [-0.39, 0.29) is 73.2 Å². The molecule has 0 amide bonds. The molecule has 0 fully saturated rings. The molecule has 0 spiro atoms. The third-order valence-electron chi connectivity index (χ3n) is 6.74. The van der Waals surface area contributed by atoms with Crippen LogP contribution in [0.25, 0.3) is 22.3 Å². The summed E-state index contributed by atoms with van der Waals surface area (Å²) >= 11 is 0. The van der Waals surface area contributed by atoms with Crippen molar-refractivity contribution in [3.63, 3.8) is 0 Å². The van der Waals surface area contributed by atoms with Gasteiger partial charge in [0.2, 0.25) is 0 Å². The normalized spacial score (nSPS) is 9.60. The Morgan fingerprint density at radius 2 is 0.914 bits per heavy atom. The molecule has 0 aromatic heterocycles. The maximum Gasteiger partial charge on any atom is 2.00 e. The molecule has 3 heteroatoms. The van der Waals surface area contributed by atoms with E-state index in [1.807, 2.05) is 12.1 Å². The summed E-state index contributed by atoms with van der Waals surface area (Å²) in [5.41, 5.74) is 15.8. The Bertz CT molecular complexity index is 1220. The zero-order chi connectivity index (χ0) is 23.4. The van der Waals surface area contributed by atoms with Gasteiger partial charge in [0, 0.05) is 42.1 Å². The molecule has 0 atom stereocenters. The molecule has 0 N–H and O–H groups in total. The first-order valence-electron chi connectivity index (χ1n) is 11.3. The van der Waals surface area contributed by atoms with Crippen molar-refractivity contribution in [3.05, 3.63) is 117 Å². The first-order chi connectivity index (χ1) is 15.2. The maximum absolute atomic E-state index is 3.29. The molecule has 4 rings (SSSR count). The summed E-state index contributed by atoms with van der Waals surface area (Å²) in [6.07, 6.45) is 0. The Morgan fingerprint density at radius 1 is 0.457 bits per heavy atom. The Hall–Kier alpha value is -0.691. The average Bonchev–Trinajstić information content (AvgIpc) is 2.77. The summed E-state index contributed by atoms with van der Waals surface area (Å²) in [6, 6.07) is 28.0. The molecule has 35 heavy (non-hydrogen) atoms. The first kappa shape index (κ1) is 34.3. The van der Waals surface area contributed by atoms with E-state index in [1.54, 1.807) is 0 Å². The van der Waals surface area contributed by atoms with Gasteiger partial charge >= 0.3 is 31.1 Å². The van der Waals surface area contributed by atoms with Crippen LogP contribution in [-0.4, -0.2) is 0 Å². The molecule has 0 nitrogen and oxygen atoms in total. The predicted octanol–water partition coefficient (Wildman–Crippen LogP) is 8.77. The summed E-state index contributed by atoms with van der Waals surface area (Å²) in [5.74, 6) is 0. The zero-order valence-electron chi connectivity index (χ0n) is 22.1. The minimum atomic E-state index is 0. The van der Waals surface area contributed by atoms with Crippen molar-refractivity contribution in [2.24, 2.45) is 0 Å². The average molecular weight is 1020 g/mol. The third-order valence-corrected chi connectivity index (χ3v) is 6.74. The van der Waals surface area contributed by atoms with Gasteiger partial charge in [-0.15, -0.1) is 11.1 Å². The smallest absolute Gasteiger partial charge is 0.180 e. The van der Waals surface area contributed by atoms with Gasteiger partial charge in [0.15, 0.2) is 0 Å². The summed E-state index contributed by atoms with van der Waals surface area (Å²) in [6.45, 7) is 17.2. The maximum atomic E-state index is 3.29. The van der Waals surface area contributed by atoms with Gasteiger partial charge in [-0.05, 0) is 48.6 Å². The fraction of sp³-hybridized carbons (Fsp3) is 0.250. The van der Waals surface area contributed by atoms with Crippen molar-refractivity contribution in [1.29, 1.82) is 0 Å². The molecule has 0 aliphatic heterocycles. The molecule has 0 unspecified atom stereocenters. The standard InChI is InChI=1S/C23H23.C9H11.U.2W/c1-15-9-11-20(12-10-15)21-13-14-23(19(5)18(21)4)22-8-6-7-16(2)17(22)3;1-7-5-4-6-8(2)9(7)3;;;/h6,8-14H,1-5H3;4-5H,1-3H3;;;/q2*-1;+2;;. The van der Waals surface area contributed by atoms with Crippen LogP contribution >= 0.6 is 0 Å². The molecular formula is C32H34UW2. The van der Waals surface area contributed by atoms with E-state index in [0.29, 0.717) is 0 Å². The zero-order valence-corrected chi connectivity index (χ0v) is 32.1. The van der Waals surface area contributed by atoms with Crippen LogP contribution in [0.15, 0.2) is 60.7 Å². The van der Waals surface area contributed by atoms with Crippen molar-refractivity contribution >= 4 is 0 Å². The van der Waals surface area contributed by atoms with Crippen molar-refractivity contribution in [3.8, 4) is 22.3 Å². The summed E-state index contributed by atoms with van der Waals surface area (Å²) in [5, 5.41) is 0. The van der Waals surface area contributed by atoms with Crippen LogP contribution in [-0.2, 0) is 42.1 Å². The van der Waals surface area contributed by atoms with Crippen LogP contribution < -0.4 is 0 Å². The first-order valence-corrected chi connectivity index (χ1v) is 11.3. The second-order valence-electron chi connectivity index (χ2n) is 8.83. The second kappa shape index (κ2) is 15.5. The molecule has 0 bridgehead atoms. The molecule has 0 saturated carbocycles. The van der Waals surface area contributed by atoms with Crippen LogP contribution in [0.2, 0.25) is 0 Å². The second-order valence-corrected chi connectivity index (χ2v) is 8.83. The molecular weight excluding hydrogens is 990 g/mol. The van der Waals surface area contributed by atoms with Crippen LogP contribution in [0.1, 0.15) is 44.5 Å². The van der Waals surface area contributed by atoms with Crippen molar-refractivity contribution < 1.29 is 73.2 Å². The Morgan fingerprint density at radius 3 is 1.46 bits per heavy atom. The Labute approximate surface area is 265 Å². The topological polar surface area (TPSA) is 0 Å². The van der Waals surface area contributed by atoms with Crippen molar-refractivity contribution in [1.82, 2.24) is 0 Å². The van der Waals surface area contributed by atoms with Gasteiger partial charge in [-0.25, -0.2) is 0 Å². The van der Waals surface area contributed by atoms with Gasteiger partial charge in [0.05, 0.1) is 0 Å². The molecule has 0 radical (unpaired) electrons. The fourth-order valence-corrected chi connectivity index (χ4v) is 3.96. The fourth-order valence-electron chi connectivity index (χ4n) is 3.96. The van der Waals surface area contributed by atoms with Crippen LogP contribution in [0.5, 0.6) is 0 Å². The van der Waals surface area contributed by atoms with E-state index < -0.39 is 0 Å². The summed E-state index contributed by atoms with van der Waals surface area (Å²) in [7, 11) is 0. The van der Waals surface area contributed by atoms with E-state index in [2.05, 4.69) is 116 Å². The third kappa shape index (κ3) is 8.41. The molecule has 0 saturated heterocycles.